The van der Waals surface area contributed by atoms with Crippen LogP contribution in [0, 0.1) is 6.92 Å². The molecule has 3 nitrogen and oxygen atoms in total. The van der Waals surface area contributed by atoms with Crippen LogP contribution in [0.15, 0.2) is 104 Å². The first kappa shape index (κ1) is 60.7. The van der Waals surface area contributed by atoms with Crippen LogP contribution >= 0.6 is 0 Å². The Morgan fingerprint density at radius 3 is 0.967 bits per heavy atom. The van der Waals surface area contributed by atoms with E-state index in [1.54, 1.807) is 0 Å². The first-order chi connectivity index (χ1) is 28.5. The predicted octanol–water partition coefficient (Wildman–Crippen LogP) is 14.9. The monoisotopic (exact) mass is 1060 g/mol. The van der Waals surface area contributed by atoms with Crippen molar-refractivity contribution in [2.75, 3.05) is 0 Å². The number of pyridine rings is 3. The van der Waals surface area contributed by atoms with Gasteiger partial charge in [0, 0.05) is 154 Å². The molecule has 0 amide bonds. The van der Waals surface area contributed by atoms with E-state index in [9.17, 15) is 0 Å². The van der Waals surface area contributed by atoms with Crippen LogP contribution in [0.4, 0.5) is 0 Å². The molecule has 61 heavy (non-hydrogen) atoms. The standard InChI is InChI=1S/C39H58N2.C16H28N.3Y/c1-4-6-8-10-12-14-16-21-29-40-31-25-36(26-32-40)35(3)39(37-23-19-18-20-24-37)38-27-33-41(34-28-38)30-22-17-15-13-11-9-7-5-2;1-3-4-5-6-7-8-9-10-13-17-14-11-16(2)12-15-17;;;/h18-20,23-28,31-34H,4-17,21-22,29-30H2,1-3H3;11-12,14-15H,3-10,13H2,1-2H3;;;/q+2;+1;;;/b39-35-;;;;. The van der Waals surface area contributed by atoms with Gasteiger partial charge in [0.15, 0.2) is 37.2 Å². The molecule has 3 aromatic heterocycles. The minimum atomic E-state index is 0. The van der Waals surface area contributed by atoms with E-state index in [0.717, 1.165) is 13.1 Å². The predicted molar refractivity (Wildman–Crippen MR) is 251 cm³/mol. The first-order valence-electron chi connectivity index (χ1n) is 24.3. The molecule has 0 aliphatic rings. The van der Waals surface area contributed by atoms with E-state index >= 15 is 0 Å². The van der Waals surface area contributed by atoms with Gasteiger partial charge in [-0.25, -0.2) is 13.7 Å². The van der Waals surface area contributed by atoms with Gasteiger partial charge in [-0.2, -0.15) is 0 Å². The maximum Gasteiger partial charge on any atom is 0.169 e. The molecular formula is C55H86N3Y3+3. The summed E-state index contributed by atoms with van der Waals surface area (Å²) in [4.78, 5) is 0. The van der Waals surface area contributed by atoms with E-state index in [1.165, 1.54) is 194 Å². The van der Waals surface area contributed by atoms with Crippen LogP contribution in [-0.4, -0.2) is 0 Å². The molecule has 4 rings (SSSR count). The summed E-state index contributed by atoms with van der Waals surface area (Å²) in [7, 11) is 0. The van der Waals surface area contributed by atoms with Gasteiger partial charge in [-0.3, -0.25) is 0 Å². The van der Waals surface area contributed by atoms with Gasteiger partial charge in [0.05, 0.1) is 0 Å². The molecule has 0 aliphatic carbocycles. The Kier molecular flexibility index (Phi) is 41.0. The minimum Gasteiger partial charge on any atom is -0.205 e. The Bertz CT molecular complexity index is 1590. The summed E-state index contributed by atoms with van der Waals surface area (Å²) in [5.41, 5.74) is 7.86. The fourth-order valence-corrected chi connectivity index (χ4v) is 7.94. The van der Waals surface area contributed by atoms with Crippen LogP contribution in [0.1, 0.15) is 204 Å². The Balaban J connectivity index is 0.00000152. The third-order valence-electron chi connectivity index (χ3n) is 11.8. The van der Waals surface area contributed by atoms with Crippen molar-refractivity contribution in [1.29, 1.82) is 0 Å². The number of unbranched alkanes of at least 4 members (excludes halogenated alkanes) is 21. The van der Waals surface area contributed by atoms with E-state index in [4.69, 9.17) is 0 Å². The van der Waals surface area contributed by atoms with E-state index in [0.29, 0.717) is 0 Å². The van der Waals surface area contributed by atoms with Gasteiger partial charge in [-0.05, 0) is 66.5 Å². The van der Waals surface area contributed by atoms with Crippen molar-refractivity contribution in [3.8, 4) is 0 Å². The van der Waals surface area contributed by atoms with Crippen LogP contribution in [-0.2, 0) is 118 Å². The number of allylic oxidation sites excluding steroid dienone is 1. The zero-order valence-electron chi connectivity index (χ0n) is 40.0. The summed E-state index contributed by atoms with van der Waals surface area (Å²) < 4.78 is 7.01. The average molecular weight is 1060 g/mol. The van der Waals surface area contributed by atoms with Crippen LogP contribution in [0.25, 0.3) is 11.1 Å². The maximum absolute atomic E-state index is 2.36. The van der Waals surface area contributed by atoms with E-state index in [-0.39, 0.29) is 98.1 Å². The topological polar surface area (TPSA) is 11.6 Å². The molecule has 3 radical (unpaired) electrons. The Hall–Kier alpha value is -0.278. The number of aromatic nitrogens is 3. The Morgan fingerprint density at radius 2 is 0.623 bits per heavy atom. The smallest absolute Gasteiger partial charge is 0.169 e. The molecule has 1 aromatic carbocycles. The number of rotatable bonds is 30. The molecule has 0 saturated heterocycles. The van der Waals surface area contributed by atoms with Crippen LogP contribution in [0.5, 0.6) is 0 Å². The Labute approximate surface area is 452 Å². The van der Waals surface area contributed by atoms with Gasteiger partial charge in [-0.1, -0.05) is 167 Å². The summed E-state index contributed by atoms with van der Waals surface area (Å²) in [6.45, 7) is 14.7. The summed E-state index contributed by atoms with van der Waals surface area (Å²) in [6, 6.07) is 24.5. The SMILES string of the molecule is CCCCCCCCCC[n+]1ccc(/C(C)=C(/c2ccccc2)c2cc[n+](CCCCCCCCCC)cc2)cc1.CCCCCCCCCC[n+]1ccc(C)cc1.[Y].[Y].[Y]. The summed E-state index contributed by atoms with van der Waals surface area (Å²) in [5, 5.41) is 0. The van der Waals surface area contributed by atoms with Crippen LogP contribution in [0.2, 0.25) is 0 Å². The number of nitrogens with zero attached hydrogens (tertiary/aromatic N) is 3. The molecule has 0 fully saturated rings. The Morgan fingerprint density at radius 1 is 0.344 bits per heavy atom. The first-order valence-corrected chi connectivity index (χ1v) is 24.3. The quantitative estimate of drug-likeness (QED) is 0.0364. The molecular weight excluding hydrogens is 969 g/mol. The minimum absolute atomic E-state index is 0. The normalized spacial score (nSPS) is 11.0. The number of aryl methyl sites for hydroxylation is 4. The molecule has 4 aromatic rings. The second kappa shape index (κ2) is 41.2. The molecule has 0 atom stereocenters. The third-order valence-corrected chi connectivity index (χ3v) is 11.8. The molecule has 0 aliphatic heterocycles. The van der Waals surface area contributed by atoms with Gasteiger partial charge in [0.25, 0.3) is 0 Å². The van der Waals surface area contributed by atoms with Gasteiger partial charge >= 0.3 is 0 Å². The van der Waals surface area contributed by atoms with Crippen molar-refractivity contribution >= 4 is 11.1 Å². The van der Waals surface area contributed by atoms with Crippen molar-refractivity contribution in [2.45, 2.75) is 208 Å². The van der Waals surface area contributed by atoms with Crippen LogP contribution < -0.4 is 13.7 Å². The maximum atomic E-state index is 2.36. The average Bonchev–Trinajstić information content (AvgIpc) is 3.26. The number of hydrogen-bond acceptors (Lipinski definition) is 0. The molecule has 0 spiro atoms. The van der Waals surface area contributed by atoms with Crippen molar-refractivity contribution in [3.05, 3.63) is 126 Å². The zero-order chi connectivity index (χ0) is 41.3. The summed E-state index contributed by atoms with van der Waals surface area (Å²) in [5.74, 6) is 0. The van der Waals surface area contributed by atoms with Crippen molar-refractivity contribution in [1.82, 2.24) is 0 Å². The van der Waals surface area contributed by atoms with E-state index in [1.807, 2.05) is 0 Å². The largest absolute Gasteiger partial charge is 0.205 e. The van der Waals surface area contributed by atoms with Crippen molar-refractivity contribution in [3.63, 3.8) is 0 Å². The molecule has 6 heteroatoms. The molecule has 0 bridgehead atoms. The van der Waals surface area contributed by atoms with Gasteiger partial charge in [0.1, 0.15) is 19.6 Å². The number of hydrogen-bond donors (Lipinski definition) is 0. The van der Waals surface area contributed by atoms with Gasteiger partial charge in [0.2, 0.25) is 0 Å². The molecule has 0 saturated carbocycles. The summed E-state index contributed by atoms with van der Waals surface area (Å²) in [6.07, 6.45) is 46.5. The molecule has 0 N–H and O–H groups in total. The van der Waals surface area contributed by atoms with Crippen molar-refractivity contribution < 1.29 is 112 Å². The second-order valence-corrected chi connectivity index (χ2v) is 17.1. The zero-order valence-corrected chi connectivity index (χ0v) is 48.5. The molecule has 0 unspecified atom stereocenters. The van der Waals surface area contributed by atoms with E-state index < -0.39 is 0 Å². The second-order valence-electron chi connectivity index (χ2n) is 17.1. The third kappa shape index (κ3) is 28.4. The van der Waals surface area contributed by atoms with Crippen molar-refractivity contribution in [2.24, 2.45) is 0 Å². The fourth-order valence-electron chi connectivity index (χ4n) is 7.94. The molecule has 3 heterocycles. The fraction of sp³-hybridized carbons (Fsp3) is 0.582. The van der Waals surface area contributed by atoms with Gasteiger partial charge < -0.3 is 0 Å². The summed E-state index contributed by atoms with van der Waals surface area (Å²) >= 11 is 0. The van der Waals surface area contributed by atoms with E-state index in [2.05, 4.69) is 152 Å². The number of benzene rings is 1. The van der Waals surface area contributed by atoms with Crippen LogP contribution in [0.3, 0.4) is 0 Å². The van der Waals surface area contributed by atoms with Gasteiger partial charge in [-0.15, -0.1) is 0 Å². The molecule has 327 valence electrons.